The molecule has 3 rings (SSSR count). The van der Waals surface area contributed by atoms with E-state index in [1.165, 1.54) is 12.1 Å². The van der Waals surface area contributed by atoms with Crippen LogP contribution in [0.1, 0.15) is 57.1 Å². The van der Waals surface area contributed by atoms with Crippen LogP contribution in [0.4, 0.5) is 4.39 Å². The number of morpholine rings is 1. The van der Waals surface area contributed by atoms with Gasteiger partial charge in [0.1, 0.15) is 5.82 Å². The first-order valence-corrected chi connectivity index (χ1v) is 8.30. The quantitative estimate of drug-likeness (QED) is 0.858. The van der Waals surface area contributed by atoms with E-state index in [0.717, 1.165) is 12.1 Å². The molecule has 0 aliphatic carbocycles. The van der Waals surface area contributed by atoms with Crippen LogP contribution in [0.5, 0.6) is 0 Å². The van der Waals surface area contributed by atoms with Gasteiger partial charge in [-0.3, -0.25) is 4.90 Å². The Kier molecular flexibility index (Phi) is 4.69. The lowest BCUT2D eigenvalue weighted by atomic mass is 9.96. The summed E-state index contributed by atoms with van der Waals surface area (Å²) in [5, 5.41) is 4.10. The minimum Gasteiger partial charge on any atom is -0.371 e. The van der Waals surface area contributed by atoms with Crippen molar-refractivity contribution < 1.29 is 13.7 Å². The van der Waals surface area contributed by atoms with Crippen molar-refractivity contribution in [2.45, 2.75) is 45.3 Å². The molecule has 0 N–H and O–H groups in total. The standard InChI is InChI=1S/C18H24FN3O2/c1-12(16-20-17(21-24-16)18(2,3)4)22-9-10-23-15(11-22)13-5-7-14(19)8-6-13/h5-8,12,15H,9-11H2,1-4H3/t12-,15+/m1/s1. The summed E-state index contributed by atoms with van der Waals surface area (Å²) in [6, 6.07) is 6.50. The van der Waals surface area contributed by atoms with E-state index in [2.05, 4.69) is 42.7 Å². The van der Waals surface area contributed by atoms with Crippen LogP contribution < -0.4 is 0 Å². The minimum absolute atomic E-state index is 0.0143. The van der Waals surface area contributed by atoms with Crippen LogP contribution in [0.15, 0.2) is 28.8 Å². The number of nitrogens with zero attached hydrogens (tertiary/aromatic N) is 3. The molecule has 2 aromatic rings. The second-order valence-electron chi connectivity index (χ2n) is 7.29. The van der Waals surface area contributed by atoms with Crippen molar-refractivity contribution >= 4 is 0 Å². The lowest BCUT2D eigenvalue weighted by Crippen LogP contribution is -2.40. The highest BCUT2D eigenvalue weighted by molar-refractivity contribution is 5.19. The van der Waals surface area contributed by atoms with Crippen LogP contribution in [0.3, 0.4) is 0 Å². The van der Waals surface area contributed by atoms with Crippen molar-refractivity contribution in [3.63, 3.8) is 0 Å². The van der Waals surface area contributed by atoms with Gasteiger partial charge in [0.15, 0.2) is 5.82 Å². The van der Waals surface area contributed by atoms with Crippen LogP contribution in [0.2, 0.25) is 0 Å². The van der Waals surface area contributed by atoms with Crippen LogP contribution >= 0.6 is 0 Å². The molecule has 2 heterocycles. The van der Waals surface area contributed by atoms with Crippen molar-refractivity contribution in [1.82, 2.24) is 15.0 Å². The zero-order valence-electron chi connectivity index (χ0n) is 14.6. The van der Waals surface area contributed by atoms with Gasteiger partial charge in [0.25, 0.3) is 0 Å². The van der Waals surface area contributed by atoms with E-state index < -0.39 is 0 Å². The Bertz CT molecular complexity index is 678. The third-order valence-electron chi connectivity index (χ3n) is 4.36. The highest BCUT2D eigenvalue weighted by atomic mass is 19.1. The predicted octanol–water partition coefficient (Wildman–Crippen LogP) is 3.64. The molecule has 1 aliphatic heterocycles. The zero-order valence-corrected chi connectivity index (χ0v) is 14.6. The summed E-state index contributed by atoms with van der Waals surface area (Å²) in [7, 11) is 0. The number of aromatic nitrogens is 2. The Morgan fingerprint density at radius 2 is 1.96 bits per heavy atom. The summed E-state index contributed by atoms with van der Waals surface area (Å²) in [5.74, 6) is 1.10. The SMILES string of the molecule is C[C@H](c1nc(C(C)(C)C)no1)N1CCO[C@H](c2ccc(F)cc2)C1. The molecular weight excluding hydrogens is 309 g/mol. The monoisotopic (exact) mass is 333 g/mol. The lowest BCUT2D eigenvalue weighted by molar-refractivity contribution is -0.0469. The molecule has 5 nitrogen and oxygen atoms in total. The average Bonchev–Trinajstić information content (AvgIpc) is 3.05. The minimum atomic E-state index is -0.236. The first kappa shape index (κ1) is 17.0. The molecule has 6 heteroatoms. The molecule has 130 valence electrons. The van der Waals surface area contributed by atoms with Gasteiger partial charge in [-0.2, -0.15) is 4.98 Å². The Morgan fingerprint density at radius 1 is 1.25 bits per heavy atom. The van der Waals surface area contributed by atoms with Gasteiger partial charge in [-0.15, -0.1) is 0 Å². The van der Waals surface area contributed by atoms with Crippen molar-refractivity contribution in [2.24, 2.45) is 0 Å². The van der Waals surface area contributed by atoms with Crippen LogP contribution in [0, 0.1) is 5.82 Å². The first-order chi connectivity index (χ1) is 11.3. The summed E-state index contributed by atoms with van der Waals surface area (Å²) in [6.07, 6.45) is -0.0770. The summed E-state index contributed by atoms with van der Waals surface area (Å²) in [6.45, 7) is 10.4. The predicted molar refractivity (Wildman–Crippen MR) is 88.1 cm³/mol. The Hall–Kier alpha value is -1.79. The molecule has 1 aromatic carbocycles. The Balaban J connectivity index is 1.72. The number of hydrogen-bond acceptors (Lipinski definition) is 5. The molecule has 0 unspecified atom stereocenters. The maximum Gasteiger partial charge on any atom is 0.243 e. The molecule has 0 radical (unpaired) electrons. The van der Waals surface area contributed by atoms with Crippen LogP contribution in [-0.4, -0.2) is 34.7 Å². The van der Waals surface area contributed by atoms with Gasteiger partial charge >= 0.3 is 0 Å². The molecule has 0 saturated carbocycles. The van der Waals surface area contributed by atoms with E-state index >= 15 is 0 Å². The normalized spacial score (nSPS) is 21.0. The van der Waals surface area contributed by atoms with Crippen LogP contribution in [-0.2, 0) is 10.2 Å². The molecule has 2 atom stereocenters. The van der Waals surface area contributed by atoms with Crippen LogP contribution in [0.25, 0.3) is 0 Å². The maximum atomic E-state index is 13.1. The fraction of sp³-hybridized carbons (Fsp3) is 0.556. The number of ether oxygens (including phenoxy) is 1. The van der Waals surface area contributed by atoms with Crippen molar-refractivity contribution in [3.05, 3.63) is 47.4 Å². The second kappa shape index (κ2) is 6.61. The molecule has 1 saturated heterocycles. The summed E-state index contributed by atoms with van der Waals surface area (Å²) < 4.78 is 24.4. The van der Waals surface area contributed by atoms with E-state index in [9.17, 15) is 4.39 Å². The van der Waals surface area contributed by atoms with Gasteiger partial charge in [-0.25, -0.2) is 4.39 Å². The molecule has 1 fully saturated rings. The van der Waals surface area contributed by atoms with E-state index in [1.54, 1.807) is 12.1 Å². The molecule has 1 aromatic heterocycles. The number of hydrogen-bond donors (Lipinski definition) is 0. The van der Waals surface area contributed by atoms with E-state index in [0.29, 0.717) is 24.9 Å². The molecule has 1 aliphatic rings. The summed E-state index contributed by atoms with van der Waals surface area (Å²) in [5.41, 5.74) is 0.845. The zero-order chi connectivity index (χ0) is 17.3. The van der Waals surface area contributed by atoms with E-state index in [1.807, 2.05) is 0 Å². The number of rotatable bonds is 3. The van der Waals surface area contributed by atoms with Gasteiger partial charge in [0.05, 0.1) is 18.8 Å². The van der Waals surface area contributed by atoms with Crippen molar-refractivity contribution in [3.8, 4) is 0 Å². The largest absolute Gasteiger partial charge is 0.371 e. The van der Waals surface area contributed by atoms with Crippen molar-refractivity contribution in [1.29, 1.82) is 0 Å². The smallest absolute Gasteiger partial charge is 0.243 e. The van der Waals surface area contributed by atoms with Gasteiger partial charge in [0.2, 0.25) is 5.89 Å². The van der Waals surface area contributed by atoms with Gasteiger partial charge in [0, 0.05) is 18.5 Å². The Labute approximate surface area is 141 Å². The third kappa shape index (κ3) is 3.65. The molecular formula is C18H24FN3O2. The second-order valence-corrected chi connectivity index (χ2v) is 7.29. The molecule has 24 heavy (non-hydrogen) atoms. The highest BCUT2D eigenvalue weighted by Gasteiger charge is 2.30. The Morgan fingerprint density at radius 3 is 2.58 bits per heavy atom. The fourth-order valence-corrected chi connectivity index (χ4v) is 2.77. The van der Waals surface area contributed by atoms with Gasteiger partial charge in [-0.05, 0) is 24.6 Å². The third-order valence-corrected chi connectivity index (χ3v) is 4.36. The molecule has 0 bridgehead atoms. The maximum absolute atomic E-state index is 13.1. The lowest BCUT2D eigenvalue weighted by Gasteiger charge is -2.35. The van der Waals surface area contributed by atoms with E-state index in [4.69, 9.17) is 9.26 Å². The number of halogens is 1. The van der Waals surface area contributed by atoms with Gasteiger partial charge in [-0.1, -0.05) is 38.1 Å². The average molecular weight is 333 g/mol. The molecule has 0 spiro atoms. The van der Waals surface area contributed by atoms with Gasteiger partial charge < -0.3 is 9.26 Å². The van der Waals surface area contributed by atoms with Crippen molar-refractivity contribution in [2.75, 3.05) is 19.7 Å². The topological polar surface area (TPSA) is 51.4 Å². The summed E-state index contributed by atoms with van der Waals surface area (Å²) in [4.78, 5) is 6.82. The highest BCUT2D eigenvalue weighted by Crippen LogP contribution is 2.29. The van der Waals surface area contributed by atoms with E-state index in [-0.39, 0.29) is 23.4 Å². The fourth-order valence-electron chi connectivity index (χ4n) is 2.77. The first-order valence-electron chi connectivity index (χ1n) is 8.30. The molecule has 0 amide bonds. The summed E-state index contributed by atoms with van der Waals surface area (Å²) >= 11 is 0. The number of benzene rings is 1.